The fraction of sp³-hybridized carbons (Fsp3) is 0.0952. The van der Waals surface area contributed by atoms with Crippen molar-refractivity contribution >= 4 is 28.1 Å². The van der Waals surface area contributed by atoms with Crippen LogP contribution in [0.1, 0.15) is 5.56 Å². The molecule has 0 radical (unpaired) electrons. The number of benzene rings is 2. The van der Waals surface area contributed by atoms with Crippen LogP contribution in [-0.2, 0) is 13.6 Å². The van der Waals surface area contributed by atoms with Crippen LogP contribution < -0.4 is 5.32 Å². The Labute approximate surface area is 155 Å². The van der Waals surface area contributed by atoms with Crippen LogP contribution in [0.2, 0.25) is 0 Å². The lowest BCUT2D eigenvalue weighted by Gasteiger charge is -2.06. The Balaban J connectivity index is 1.63. The van der Waals surface area contributed by atoms with E-state index in [1.54, 1.807) is 6.33 Å². The zero-order valence-corrected chi connectivity index (χ0v) is 14.8. The van der Waals surface area contributed by atoms with Crippen molar-refractivity contribution in [1.82, 2.24) is 19.5 Å². The number of nitrogens with one attached hydrogen (secondary N) is 1. The number of oxazole rings is 1. The first-order valence-electron chi connectivity index (χ1n) is 8.74. The first-order valence-corrected chi connectivity index (χ1v) is 8.74. The van der Waals surface area contributed by atoms with Crippen molar-refractivity contribution in [2.45, 2.75) is 6.54 Å². The predicted octanol–water partition coefficient (Wildman–Crippen LogP) is 4.39. The normalized spacial score (nSPS) is 11.3. The topological polar surface area (TPSA) is 68.8 Å². The van der Waals surface area contributed by atoms with E-state index < -0.39 is 0 Å². The quantitative estimate of drug-likeness (QED) is 0.518. The van der Waals surface area contributed by atoms with Gasteiger partial charge in [-0.15, -0.1) is 0 Å². The Morgan fingerprint density at radius 3 is 2.44 bits per heavy atom. The van der Waals surface area contributed by atoms with E-state index in [0.29, 0.717) is 29.5 Å². The largest absolute Gasteiger partial charge is 0.418 e. The number of rotatable bonds is 4. The molecule has 0 aliphatic carbocycles. The molecule has 0 bridgehead atoms. The number of fused-ring (bicyclic) bond motifs is 3. The van der Waals surface area contributed by atoms with Gasteiger partial charge in [0.1, 0.15) is 11.0 Å². The zero-order chi connectivity index (χ0) is 18.2. The van der Waals surface area contributed by atoms with Gasteiger partial charge in [0.2, 0.25) is 5.89 Å². The van der Waals surface area contributed by atoms with Crippen molar-refractivity contribution in [3.8, 4) is 11.5 Å². The molecule has 6 nitrogen and oxygen atoms in total. The third-order valence-electron chi connectivity index (χ3n) is 4.53. The molecule has 27 heavy (non-hydrogen) atoms. The van der Waals surface area contributed by atoms with E-state index in [9.17, 15) is 0 Å². The summed E-state index contributed by atoms with van der Waals surface area (Å²) < 4.78 is 7.92. The molecule has 6 heteroatoms. The summed E-state index contributed by atoms with van der Waals surface area (Å²) in [5, 5.41) is 3.38. The summed E-state index contributed by atoms with van der Waals surface area (Å²) in [5.41, 5.74) is 5.00. The average Bonchev–Trinajstić information content (AvgIpc) is 3.31. The lowest BCUT2D eigenvalue weighted by Crippen LogP contribution is -2.02. The number of nitrogens with zero attached hydrogens (tertiary/aromatic N) is 4. The maximum Gasteiger partial charge on any atom is 0.251 e. The Kier molecular flexibility index (Phi) is 3.60. The number of aryl methyl sites for hydroxylation is 1. The van der Waals surface area contributed by atoms with Gasteiger partial charge in [0.25, 0.3) is 5.71 Å². The Hall–Kier alpha value is -3.67. The number of pyridine rings is 1. The van der Waals surface area contributed by atoms with Gasteiger partial charge in [-0.1, -0.05) is 48.5 Å². The van der Waals surface area contributed by atoms with Gasteiger partial charge in [-0.25, -0.2) is 9.97 Å². The second kappa shape index (κ2) is 6.25. The lowest BCUT2D eigenvalue weighted by molar-refractivity contribution is 0.608. The van der Waals surface area contributed by atoms with E-state index in [1.807, 2.05) is 60.1 Å². The molecule has 0 amide bonds. The van der Waals surface area contributed by atoms with Gasteiger partial charge in [-0.05, 0) is 17.7 Å². The number of anilines is 1. The van der Waals surface area contributed by atoms with Gasteiger partial charge in [-0.2, -0.15) is 4.98 Å². The molecule has 0 saturated heterocycles. The minimum Gasteiger partial charge on any atom is -0.418 e. The van der Waals surface area contributed by atoms with E-state index in [0.717, 1.165) is 16.6 Å². The minimum absolute atomic E-state index is 0.500. The first-order chi connectivity index (χ1) is 13.3. The monoisotopic (exact) mass is 355 g/mol. The summed E-state index contributed by atoms with van der Waals surface area (Å²) in [6.07, 6.45) is 1.77. The highest BCUT2D eigenvalue weighted by molar-refractivity contribution is 6.03. The third-order valence-corrected chi connectivity index (χ3v) is 4.53. The van der Waals surface area contributed by atoms with Crippen LogP contribution in [0.5, 0.6) is 0 Å². The number of hydrogen-bond donors (Lipinski definition) is 1. The van der Waals surface area contributed by atoms with Crippen molar-refractivity contribution in [3.05, 3.63) is 72.6 Å². The highest BCUT2D eigenvalue weighted by Gasteiger charge is 2.18. The Morgan fingerprint density at radius 1 is 0.926 bits per heavy atom. The van der Waals surface area contributed by atoms with Gasteiger partial charge in [0.05, 0.1) is 6.33 Å². The number of aromatic nitrogens is 4. The first kappa shape index (κ1) is 15.6. The highest BCUT2D eigenvalue weighted by atomic mass is 16.4. The summed E-state index contributed by atoms with van der Waals surface area (Å²) in [6, 6.07) is 20.0. The molecule has 5 aromatic rings. The van der Waals surface area contributed by atoms with Crippen LogP contribution in [-0.4, -0.2) is 19.5 Å². The van der Waals surface area contributed by atoms with Crippen molar-refractivity contribution in [3.63, 3.8) is 0 Å². The Morgan fingerprint density at radius 2 is 1.67 bits per heavy atom. The molecule has 0 spiro atoms. The van der Waals surface area contributed by atoms with E-state index in [4.69, 9.17) is 4.42 Å². The molecule has 5 rings (SSSR count). The average molecular weight is 355 g/mol. The molecule has 0 unspecified atom stereocenters. The standard InChI is InChI=1S/C21H17N5O/c1-26-13-23-16-18(26)17-21(27-20(24-17)15-10-6-3-7-11-15)25-19(16)22-12-14-8-4-2-5-9-14/h2-11,13H,12H2,1H3,(H,22,25). The zero-order valence-electron chi connectivity index (χ0n) is 14.8. The lowest BCUT2D eigenvalue weighted by atomic mass is 10.2. The van der Waals surface area contributed by atoms with Crippen molar-refractivity contribution in [1.29, 1.82) is 0 Å². The molecule has 132 valence electrons. The van der Waals surface area contributed by atoms with Gasteiger partial charge >= 0.3 is 0 Å². The second-order valence-corrected chi connectivity index (χ2v) is 6.39. The number of imidazole rings is 1. The smallest absolute Gasteiger partial charge is 0.251 e. The molecule has 0 aliphatic heterocycles. The minimum atomic E-state index is 0.500. The van der Waals surface area contributed by atoms with Crippen molar-refractivity contribution in [2.75, 3.05) is 5.32 Å². The van der Waals surface area contributed by atoms with Gasteiger partial charge in [0.15, 0.2) is 11.3 Å². The SMILES string of the molecule is Cn1cnc2c(NCc3ccccc3)nc3oc(-c4ccccc4)nc3c21. The maximum atomic E-state index is 5.98. The molecular formula is C21H17N5O. The van der Waals surface area contributed by atoms with Crippen molar-refractivity contribution in [2.24, 2.45) is 7.05 Å². The van der Waals surface area contributed by atoms with E-state index in [-0.39, 0.29) is 0 Å². The van der Waals surface area contributed by atoms with E-state index in [2.05, 4.69) is 32.4 Å². The van der Waals surface area contributed by atoms with Crippen LogP contribution in [0.15, 0.2) is 71.4 Å². The molecule has 0 saturated carbocycles. The van der Waals surface area contributed by atoms with E-state index in [1.165, 1.54) is 5.56 Å². The third kappa shape index (κ3) is 2.71. The Bertz CT molecular complexity index is 1230. The van der Waals surface area contributed by atoms with Crippen LogP contribution in [0.4, 0.5) is 5.82 Å². The molecule has 3 aromatic heterocycles. The maximum absolute atomic E-state index is 5.98. The summed E-state index contributed by atoms with van der Waals surface area (Å²) in [7, 11) is 1.95. The van der Waals surface area contributed by atoms with Crippen LogP contribution in [0.25, 0.3) is 33.7 Å². The molecule has 1 N–H and O–H groups in total. The fourth-order valence-electron chi connectivity index (χ4n) is 3.19. The van der Waals surface area contributed by atoms with Gasteiger partial charge < -0.3 is 14.3 Å². The predicted molar refractivity (Wildman–Crippen MR) is 105 cm³/mol. The molecular weight excluding hydrogens is 338 g/mol. The summed E-state index contributed by atoms with van der Waals surface area (Å²) in [4.78, 5) is 13.9. The molecule has 2 aromatic carbocycles. The van der Waals surface area contributed by atoms with Gasteiger partial charge in [0, 0.05) is 19.2 Å². The molecule has 0 aliphatic rings. The van der Waals surface area contributed by atoms with Gasteiger partial charge in [-0.3, -0.25) is 0 Å². The summed E-state index contributed by atoms with van der Waals surface area (Å²) >= 11 is 0. The summed E-state index contributed by atoms with van der Waals surface area (Å²) in [5.74, 6) is 1.25. The van der Waals surface area contributed by atoms with E-state index >= 15 is 0 Å². The molecule has 0 fully saturated rings. The summed E-state index contributed by atoms with van der Waals surface area (Å²) in [6.45, 7) is 0.657. The second-order valence-electron chi connectivity index (χ2n) is 6.39. The van der Waals surface area contributed by atoms with Crippen molar-refractivity contribution < 1.29 is 4.42 Å². The molecule has 0 atom stereocenters. The molecule has 3 heterocycles. The number of hydrogen-bond acceptors (Lipinski definition) is 5. The highest BCUT2D eigenvalue weighted by Crippen LogP contribution is 2.31. The fourth-order valence-corrected chi connectivity index (χ4v) is 3.19. The van der Waals surface area contributed by atoms with Crippen LogP contribution >= 0.6 is 0 Å². The van der Waals surface area contributed by atoms with Crippen LogP contribution in [0.3, 0.4) is 0 Å². The van der Waals surface area contributed by atoms with Crippen LogP contribution in [0, 0.1) is 0 Å².